The molecule has 1 aromatic carbocycles. The summed E-state index contributed by atoms with van der Waals surface area (Å²) in [4.78, 5) is 15.0. The number of carbonyl (C=O) groups is 1. The number of hydrogen-bond acceptors (Lipinski definition) is 12. The SMILES string of the molecule is CCN(CC)Cc1c(C(=O)NN=Cc2cc(OC)c(OC)cc2OC)nnn1-c1nonc1N. The van der Waals surface area contributed by atoms with E-state index in [9.17, 15) is 4.79 Å². The van der Waals surface area contributed by atoms with Crippen molar-refractivity contribution < 1.29 is 23.6 Å². The molecular formula is C20H27N9O5. The number of nitrogen functional groups attached to an aromatic ring is 1. The summed E-state index contributed by atoms with van der Waals surface area (Å²) >= 11 is 0. The third-order valence-corrected chi connectivity index (χ3v) is 5.05. The fourth-order valence-corrected chi connectivity index (χ4v) is 3.15. The minimum Gasteiger partial charge on any atom is -0.496 e. The average Bonchev–Trinajstić information content (AvgIpc) is 3.47. The second-order valence-electron chi connectivity index (χ2n) is 6.88. The molecule has 2 aromatic heterocycles. The Hall–Kier alpha value is -4.20. The van der Waals surface area contributed by atoms with Crippen molar-refractivity contribution in [3.8, 4) is 23.1 Å². The molecule has 0 radical (unpaired) electrons. The molecule has 14 heteroatoms. The van der Waals surface area contributed by atoms with E-state index in [-0.39, 0.29) is 17.3 Å². The van der Waals surface area contributed by atoms with Crippen LogP contribution in [0.3, 0.4) is 0 Å². The Morgan fingerprint density at radius 3 is 2.41 bits per heavy atom. The van der Waals surface area contributed by atoms with E-state index in [4.69, 9.17) is 19.9 Å². The number of amides is 1. The van der Waals surface area contributed by atoms with Gasteiger partial charge in [-0.1, -0.05) is 19.1 Å². The van der Waals surface area contributed by atoms with Crippen LogP contribution in [0.4, 0.5) is 5.82 Å². The van der Waals surface area contributed by atoms with E-state index in [2.05, 4.69) is 40.7 Å². The van der Waals surface area contributed by atoms with Gasteiger partial charge in [-0.3, -0.25) is 9.69 Å². The number of nitrogens with zero attached hydrogens (tertiary/aromatic N) is 7. The van der Waals surface area contributed by atoms with Gasteiger partial charge in [-0.15, -0.1) is 5.10 Å². The molecule has 2 heterocycles. The van der Waals surface area contributed by atoms with E-state index in [0.29, 0.717) is 35.1 Å². The zero-order valence-electron chi connectivity index (χ0n) is 19.6. The molecule has 34 heavy (non-hydrogen) atoms. The summed E-state index contributed by atoms with van der Waals surface area (Å²) in [7, 11) is 4.56. The number of benzene rings is 1. The zero-order valence-corrected chi connectivity index (χ0v) is 19.6. The number of ether oxygens (including phenoxy) is 3. The number of carbonyl (C=O) groups excluding carboxylic acids is 1. The highest BCUT2D eigenvalue weighted by Crippen LogP contribution is 2.33. The molecular weight excluding hydrogens is 446 g/mol. The summed E-state index contributed by atoms with van der Waals surface area (Å²) in [5.41, 5.74) is 9.37. The summed E-state index contributed by atoms with van der Waals surface area (Å²) < 4.78 is 22.0. The number of hydrogen-bond donors (Lipinski definition) is 2. The van der Waals surface area contributed by atoms with E-state index in [1.165, 1.54) is 32.2 Å². The molecule has 0 saturated heterocycles. The molecule has 0 bridgehead atoms. The molecule has 0 aliphatic carbocycles. The van der Waals surface area contributed by atoms with E-state index >= 15 is 0 Å². The van der Waals surface area contributed by atoms with E-state index < -0.39 is 5.91 Å². The lowest BCUT2D eigenvalue weighted by Gasteiger charge is -2.18. The van der Waals surface area contributed by atoms with Crippen molar-refractivity contribution in [3.63, 3.8) is 0 Å². The lowest BCUT2D eigenvalue weighted by molar-refractivity contribution is 0.0948. The minimum atomic E-state index is -0.570. The molecule has 0 saturated carbocycles. The van der Waals surface area contributed by atoms with Crippen LogP contribution in [-0.4, -0.2) is 76.7 Å². The van der Waals surface area contributed by atoms with Crippen molar-refractivity contribution in [2.45, 2.75) is 20.4 Å². The van der Waals surface area contributed by atoms with Crippen LogP contribution in [-0.2, 0) is 6.54 Å². The van der Waals surface area contributed by atoms with Gasteiger partial charge in [0.15, 0.2) is 17.2 Å². The number of hydrazone groups is 1. The number of anilines is 1. The largest absolute Gasteiger partial charge is 0.496 e. The van der Waals surface area contributed by atoms with Crippen molar-refractivity contribution in [3.05, 3.63) is 29.1 Å². The highest BCUT2D eigenvalue weighted by Gasteiger charge is 2.25. The van der Waals surface area contributed by atoms with Crippen LogP contribution in [0, 0.1) is 0 Å². The number of nitrogens with two attached hydrogens (primary N) is 1. The smallest absolute Gasteiger partial charge is 0.293 e. The normalized spacial score (nSPS) is 11.2. The highest BCUT2D eigenvalue weighted by molar-refractivity contribution is 5.94. The molecule has 3 N–H and O–H groups in total. The Kier molecular flexibility index (Phi) is 7.97. The number of methoxy groups -OCH3 is 3. The average molecular weight is 473 g/mol. The van der Waals surface area contributed by atoms with Crippen LogP contribution in [0.2, 0.25) is 0 Å². The fourth-order valence-electron chi connectivity index (χ4n) is 3.15. The maximum atomic E-state index is 12.9. The van der Waals surface area contributed by atoms with Crippen LogP contribution in [0.1, 0.15) is 35.6 Å². The fraction of sp³-hybridized carbons (Fsp3) is 0.400. The minimum absolute atomic E-state index is 0.0243. The van der Waals surface area contributed by atoms with Crippen LogP contribution < -0.4 is 25.4 Å². The predicted molar refractivity (Wildman–Crippen MR) is 121 cm³/mol. The first-order valence-corrected chi connectivity index (χ1v) is 10.4. The van der Waals surface area contributed by atoms with E-state index in [1.54, 1.807) is 12.1 Å². The predicted octanol–water partition coefficient (Wildman–Crippen LogP) is 0.864. The van der Waals surface area contributed by atoms with Crippen molar-refractivity contribution in [2.24, 2.45) is 5.10 Å². The lowest BCUT2D eigenvalue weighted by atomic mass is 10.2. The van der Waals surface area contributed by atoms with Crippen LogP contribution in [0.5, 0.6) is 17.2 Å². The van der Waals surface area contributed by atoms with Crippen molar-refractivity contribution in [1.82, 2.24) is 35.6 Å². The van der Waals surface area contributed by atoms with Gasteiger partial charge >= 0.3 is 0 Å². The summed E-state index contributed by atoms with van der Waals surface area (Å²) in [5.74, 6) is 1.07. The van der Waals surface area contributed by atoms with Crippen molar-refractivity contribution in [2.75, 3.05) is 40.2 Å². The molecule has 182 valence electrons. The molecule has 0 fully saturated rings. The number of aromatic nitrogens is 5. The number of rotatable bonds is 11. The maximum Gasteiger partial charge on any atom is 0.293 e. The van der Waals surface area contributed by atoms with E-state index in [1.807, 2.05) is 13.8 Å². The van der Waals surface area contributed by atoms with Gasteiger partial charge in [-0.2, -0.15) is 9.78 Å². The van der Waals surface area contributed by atoms with Gasteiger partial charge in [0, 0.05) is 18.2 Å². The zero-order chi connectivity index (χ0) is 24.7. The summed E-state index contributed by atoms with van der Waals surface area (Å²) in [6, 6.07) is 3.34. The highest BCUT2D eigenvalue weighted by atomic mass is 16.6. The van der Waals surface area contributed by atoms with Gasteiger partial charge in [-0.05, 0) is 29.5 Å². The second-order valence-corrected chi connectivity index (χ2v) is 6.88. The summed E-state index contributed by atoms with van der Waals surface area (Å²) in [6.45, 7) is 5.86. The standard InChI is InChI=1S/C20H27N9O5/c1-6-28(7-2)11-13-17(23-27-29(13)19-18(21)25-34-26-19)20(30)24-22-10-12-8-15(32-4)16(33-5)9-14(12)31-3/h8-10H,6-7,11H2,1-5H3,(H2,21,25)(H,24,30). The summed E-state index contributed by atoms with van der Waals surface area (Å²) in [6.07, 6.45) is 1.42. The Labute approximate surface area is 195 Å². The maximum absolute atomic E-state index is 12.9. The van der Waals surface area contributed by atoms with E-state index in [0.717, 1.165) is 13.1 Å². The van der Waals surface area contributed by atoms with Gasteiger partial charge in [0.2, 0.25) is 11.6 Å². The third-order valence-electron chi connectivity index (χ3n) is 5.05. The van der Waals surface area contributed by atoms with Gasteiger partial charge < -0.3 is 19.9 Å². The topological polar surface area (TPSA) is 168 Å². The third kappa shape index (κ3) is 5.06. The van der Waals surface area contributed by atoms with Crippen LogP contribution >= 0.6 is 0 Å². The quantitative estimate of drug-likeness (QED) is 0.299. The van der Waals surface area contributed by atoms with Crippen molar-refractivity contribution in [1.29, 1.82) is 0 Å². The molecule has 0 aliphatic rings. The Morgan fingerprint density at radius 1 is 1.15 bits per heavy atom. The molecule has 14 nitrogen and oxygen atoms in total. The van der Waals surface area contributed by atoms with Gasteiger partial charge in [0.05, 0.1) is 33.2 Å². The first-order chi connectivity index (χ1) is 16.5. The molecule has 0 atom stereocenters. The van der Waals surface area contributed by atoms with Crippen LogP contribution in [0.15, 0.2) is 21.9 Å². The monoisotopic (exact) mass is 473 g/mol. The van der Waals surface area contributed by atoms with Gasteiger partial charge in [0.1, 0.15) is 5.75 Å². The number of nitrogens with one attached hydrogen (secondary N) is 1. The van der Waals surface area contributed by atoms with Crippen LogP contribution in [0.25, 0.3) is 5.82 Å². The second kappa shape index (κ2) is 11.1. The van der Waals surface area contributed by atoms with Gasteiger partial charge in [0.25, 0.3) is 5.91 Å². The van der Waals surface area contributed by atoms with Gasteiger partial charge in [-0.25, -0.2) is 10.1 Å². The first kappa shape index (κ1) is 24.4. The Balaban J connectivity index is 1.88. The Bertz CT molecular complexity index is 1150. The molecule has 0 spiro atoms. The molecule has 0 unspecified atom stereocenters. The molecule has 1 amide bonds. The molecule has 0 aliphatic heterocycles. The first-order valence-electron chi connectivity index (χ1n) is 10.4. The molecule has 3 aromatic rings. The summed E-state index contributed by atoms with van der Waals surface area (Å²) in [5, 5.41) is 19.4. The Morgan fingerprint density at radius 2 is 1.82 bits per heavy atom. The molecule has 3 rings (SSSR count). The van der Waals surface area contributed by atoms with Crippen molar-refractivity contribution >= 4 is 17.9 Å². The lowest BCUT2D eigenvalue weighted by Crippen LogP contribution is -2.27.